The third kappa shape index (κ3) is 24.8. The molecule has 0 saturated carbocycles. The smallest absolute Gasteiger partial charge is 0.243 e. The van der Waals surface area contributed by atoms with Crippen molar-refractivity contribution in [2.24, 2.45) is 47.3 Å². The summed E-state index contributed by atoms with van der Waals surface area (Å²) in [6, 6.07) is 5.81. The average molecular weight is 1170 g/mol. The summed E-state index contributed by atoms with van der Waals surface area (Å²) >= 11 is 0. The van der Waals surface area contributed by atoms with E-state index >= 15 is 0 Å². The van der Waals surface area contributed by atoms with E-state index in [9.17, 15) is 47.9 Å². The fourth-order valence-electron chi connectivity index (χ4n) is 10.1. The van der Waals surface area contributed by atoms with E-state index in [1.807, 2.05) is 95.2 Å². The van der Waals surface area contributed by atoms with Gasteiger partial charge in [-0.2, -0.15) is 0 Å². The highest BCUT2D eigenvalue weighted by atomic mass is 16.2. The molecule has 3 rings (SSSR count). The molecule has 10 N–H and O–H groups in total. The summed E-state index contributed by atoms with van der Waals surface area (Å²) in [5, 5.41) is 28.6. The van der Waals surface area contributed by atoms with E-state index in [1.54, 1.807) is 76.2 Å². The molecular weight excluding hydrogens is 1070 g/mol. The second kappa shape index (κ2) is 34.8. The van der Waals surface area contributed by atoms with Crippen molar-refractivity contribution < 1.29 is 47.9 Å². The van der Waals surface area contributed by atoms with Crippen molar-refractivity contribution in [2.45, 2.75) is 223 Å². The van der Waals surface area contributed by atoms with Gasteiger partial charge in [0, 0.05) is 12.8 Å². The lowest BCUT2D eigenvalue weighted by atomic mass is 9.96. The lowest BCUT2D eigenvalue weighted by Gasteiger charge is -2.31. The van der Waals surface area contributed by atoms with Crippen molar-refractivity contribution in [1.82, 2.24) is 53.2 Å². The van der Waals surface area contributed by atoms with Gasteiger partial charge in [0.15, 0.2) is 0 Å². The third-order valence-corrected chi connectivity index (χ3v) is 14.4. The summed E-state index contributed by atoms with van der Waals surface area (Å²) in [7, 11) is 0. The molecule has 84 heavy (non-hydrogen) atoms. The number of amides is 10. The Morgan fingerprint density at radius 1 is 0.250 bits per heavy atom. The van der Waals surface area contributed by atoms with E-state index in [2.05, 4.69) is 53.2 Å². The van der Waals surface area contributed by atoms with Crippen LogP contribution in [0.15, 0.2) is 60.7 Å². The molecular formula is C64H102N10O10. The Balaban J connectivity index is 2.29. The highest BCUT2D eigenvalue weighted by Crippen LogP contribution is 2.17. The van der Waals surface area contributed by atoms with Gasteiger partial charge in [-0.25, -0.2) is 0 Å². The molecule has 1 aliphatic heterocycles. The Kier molecular flexibility index (Phi) is 29.6. The van der Waals surface area contributed by atoms with Crippen LogP contribution in [-0.2, 0) is 60.8 Å². The second-order valence-corrected chi connectivity index (χ2v) is 26.1. The first-order valence-electron chi connectivity index (χ1n) is 30.5. The van der Waals surface area contributed by atoms with Gasteiger partial charge in [0.2, 0.25) is 59.1 Å². The van der Waals surface area contributed by atoms with Gasteiger partial charge >= 0.3 is 0 Å². The van der Waals surface area contributed by atoms with Crippen LogP contribution in [0.4, 0.5) is 0 Å². The first-order valence-corrected chi connectivity index (χ1v) is 30.5. The fourth-order valence-corrected chi connectivity index (χ4v) is 10.1. The number of carbonyl (C=O) groups excluding carboxylic acids is 10. The normalized spacial score (nSPS) is 25.0. The molecule has 0 aromatic heterocycles. The van der Waals surface area contributed by atoms with Gasteiger partial charge in [0.05, 0.1) is 0 Å². The van der Waals surface area contributed by atoms with Crippen molar-refractivity contribution in [2.75, 3.05) is 0 Å². The maximum atomic E-state index is 14.7. The lowest BCUT2D eigenvalue weighted by Crippen LogP contribution is -2.62. The fraction of sp³-hybridized carbons (Fsp3) is 0.656. The van der Waals surface area contributed by atoms with Crippen LogP contribution in [0.5, 0.6) is 0 Å². The van der Waals surface area contributed by atoms with Crippen LogP contribution in [0.3, 0.4) is 0 Å². The lowest BCUT2D eigenvalue weighted by molar-refractivity contribution is -0.137. The summed E-state index contributed by atoms with van der Waals surface area (Å²) in [5.41, 5.74) is 1.38. The van der Waals surface area contributed by atoms with Gasteiger partial charge in [-0.15, -0.1) is 0 Å². The van der Waals surface area contributed by atoms with Gasteiger partial charge in [-0.1, -0.05) is 171 Å². The first-order chi connectivity index (χ1) is 39.3. The molecule has 20 nitrogen and oxygen atoms in total. The summed E-state index contributed by atoms with van der Waals surface area (Å²) in [4.78, 5) is 146. The predicted octanol–water partition coefficient (Wildman–Crippen LogP) is 4.92. The van der Waals surface area contributed by atoms with Crippen molar-refractivity contribution in [3.05, 3.63) is 71.8 Å². The number of nitrogens with one attached hydrogen (secondary N) is 10. The SMILES string of the molecule is CC(C)C[C@@H]1NC(=O)[C@H](CC(C)C)NC(=O)[C@@H](Cc2ccccc2)NC(=O)[C@@H](CC(C)C)NC(=O)[C@@H](C(C)C)NC(=O)[C@@H](CC(C)C)NC(=O)[C@H](CC(C)C)NC(=O)[C@@H](Cc2ccccc2)NC(=O)[C@@H](CC(C)C)NC(=O)[C@@H](C(C)C)NC1=O. The van der Waals surface area contributed by atoms with E-state index in [-0.39, 0.29) is 86.9 Å². The third-order valence-electron chi connectivity index (χ3n) is 14.4. The van der Waals surface area contributed by atoms with Crippen molar-refractivity contribution in [3.8, 4) is 0 Å². The minimum atomic E-state index is -1.27. The van der Waals surface area contributed by atoms with Crippen LogP contribution in [-0.4, -0.2) is 119 Å². The highest BCUT2D eigenvalue weighted by molar-refractivity contribution is 5.99. The molecule has 1 fully saturated rings. The van der Waals surface area contributed by atoms with Crippen LogP contribution in [0.1, 0.15) is 160 Å². The van der Waals surface area contributed by atoms with E-state index in [4.69, 9.17) is 0 Å². The van der Waals surface area contributed by atoms with Crippen molar-refractivity contribution in [1.29, 1.82) is 0 Å². The molecule has 1 saturated heterocycles. The Hall–Kier alpha value is -6.86. The molecule has 10 amide bonds. The summed E-state index contributed by atoms with van der Waals surface area (Å²) in [6.45, 7) is 29.4. The van der Waals surface area contributed by atoms with Gasteiger partial charge in [-0.3, -0.25) is 47.9 Å². The molecule has 0 radical (unpaired) electrons. The molecule has 2 aromatic rings. The summed E-state index contributed by atoms with van der Waals surface area (Å²) in [5.74, 6) is -8.73. The quantitative estimate of drug-likeness (QED) is 0.0961. The number of hydrogen-bond acceptors (Lipinski definition) is 10. The minimum Gasteiger partial charge on any atom is -0.343 e. The topological polar surface area (TPSA) is 291 Å². The first kappa shape index (κ1) is 71.4. The molecule has 0 bridgehead atoms. The number of carbonyl (C=O) groups is 10. The van der Waals surface area contributed by atoms with Crippen LogP contribution < -0.4 is 53.2 Å². The Morgan fingerprint density at radius 3 is 0.631 bits per heavy atom. The molecule has 468 valence electrons. The van der Waals surface area contributed by atoms with Crippen LogP contribution in [0.2, 0.25) is 0 Å². The molecule has 0 unspecified atom stereocenters. The molecule has 0 aliphatic carbocycles. The number of rotatable bonds is 18. The summed E-state index contributed by atoms with van der Waals surface area (Å²) in [6.07, 6.45) is 0.827. The molecule has 20 heteroatoms. The summed E-state index contributed by atoms with van der Waals surface area (Å²) < 4.78 is 0. The average Bonchev–Trinajstić information content (AvgIpc) is 3.40. The molecule has 1 heterocycles. The molecule has 2 aromatic carbocycles. The molecule has 10 atom stereocenters. The maximum absolute atomic E-state index is 14.7. The second-order valence-electron chi connectivity index (χ2n) is 26.1. The Labute approximate surface area is 500 Å². The monoisotopic (exact) mass is 1170 g/mol. The van der Waals surface area contributed by atoms with E-state index in [1.165, 1.54) is 0 Å². The van der Waals surface area contributed by atoms with E-state index < -0.39 is 131 Å². The predicted molar refractivity (Wildman–Crippen MR) is 326 cm³/mol. The van der Waals surface area contributed by atoms with Gasteiger partial charge in [0.25, 0.3) is 0 Å². The van der Waals surface area contributed by atoms with Crippen LogP contribution >= 0.6 is 0 Å². The van der Waals surface area contributed by atoms with Gasteiger partial charge in [0.1, 0.15) is 60.4 Å². The highest BCUT2D eigenvalue weighted by Gasteiger charge is 2.39. The zero-order chi connectivity index (χ0) is 63.1. The van der Waals surface area contributed by atoms with E-state index in [0.717, 1.165) is 0 Å². The van der Waals surface area contributed by atoms with Gasteiger partial charge < -0.3 is 53.2 Å². The van der Waals surface area contributed by atoms with Crippen LogP contribution in [0, 0.1) is 47.3 Å². The minimum absolute atomic E-state index is 0.00287. The number of hydrogen-bond donors (Lipinski definition) is 10. The van der Waals surface area contributed by atoms with Crippen LogP contribution in [0.25, 0.3) is 0 Å². The number of benzene rings is 2. The molecule has 1 aliphatic rings. The zero-order valence-corrected chi connectivity index (χ0v) is 52.9. The van der Waals surface area contributed by atoms with Crippen molar-refractivity contribution >= 4 is 59.1 Å². The standard InChI is InChI=1S/C64H102N10O10/c1-35(2)27-45-55(75)67-49(31-39(9)10)61(81)73-53(41(13)14)63(83)72-48(30-38(7)8)58(78)70-52(34-44-25-21-18-22-26-44)60(80)66-46(28-36(3)4)56(76)68-50(32-40(11)12)62(82)74-54(42(15)16)64(84)71-47(29-37(5)6)57(77)69-51(59(79)65-45)33-43-23-19-17-20-24-43/h17-26,35-42,45-54H,27-34H2,1-16H3,(H,65,79)(H,66,80)(H,67,75)(H,68,76)(H,69,77)(H,70,78)(H,71,84)(H,72,83)(H,73,81)(H,74,82)/t45-,46-,47+,48+,49-,50+,51+,52+,53+,54+/m0/s1. The largest absolute Gasteiger partial charge is 0.343 e. The maximum Gasteiger partial charge on any atom is 0.243 e. The Bertz CT molecular complexity index is 2310. The van der Waals surface area contributed by atoms with Gasteiger partial charge in [-0.05, 0) is 97.0 Å². The zero-order valence-electron chi connectivity index (χ0n) is 52.9. The van der Waals surface area contributed by atoms with Crippen molar-refractivity contribution in [3.63, 3.8) is 0 Å². The Morgan fingerprint density at radius 2 is 0.429 bits per heavy atom. The van der Waals surface area contributed by atoms with E-state index in [0.29, 0.717) is 11.1 Å². The molecule has 0 spiro atoms.